The lowest BCUT2D eigenvalue weighted by Crippen LogP contribution is -2.28. The first-order chi connectivity index (χ1) is 5.86. The van der Waals surface area contributed by atoms with Gasteiger partial charge in [-0.1, -0.05) is 18.6 Å². The van der Waals surface area contributed by atoms with Crippen LogP contribution in [0.1, 0.15) is 26.2 Å². The molecule has 0 atom stereocenters. The first kappa shape index (κ1) is 9.75. The molecule has 1 rings (SSSR count). The Morgan fingerprint density at radius 3 is 2.92 bits per heavy atom. The highest BCUT2D eigenvalue weighted by Gasteiger charge is 2.08. The SMILES string of the molecule is CCN1CC=C(CCCN)CC1. The summed E-state index contributed by atoms with van der Waals surface area (Å²) in [5.74, 6) is 0. The van der Waals surface area contributed by atoms with Crippen molar-refractivity contribution >= 4 is 0 Å². The molecule has 1 aliphatic heterocycles. The standard InChI is InChI=1S/C10H20N2/c1-2-12-8-5-10(6-9-12)4-3-7-11/h5H,2-4,6-9,11H2,1H3. The van der Waals surface area contributed by atoms with E-state index in [2.05, 4.69) is 17.9 Å². The lowest BCUT2D eigenvalue weighted by atomic mass is 10.0. The minimum Gasteiger partial charge on any atom is -0.330 e. The molecule has 1 aliphatic rings. The number of hydrogen-bond donors (Lipinski definition) is 1. The second-order valence-electron chi connectivity index (χ2n) is 3.40. The van der Waals surface area contributed by atoms with Crippen molar-refractivity contribution in [2.24, 2.45) is 5.73 Å². The third kappa shape index (κ3) is 2.95. The zero-order chi connectivity index (χ0) is 8.81. The van der Waals surface area contributed by atoms with Gasteiger partial charge in [-0.05, 0) is 32.4 Å². The first-order valence-electron chi connectivity index (χ1n) is 4.97. The van der Waals surface area contributed by atoms with Crippen LogP contribution in [0.25, 0.3) is 0 Å². The van der Waals surface area contributed by atoms with Crippen LogP contribution >= 0.6 is 0 Å². The average molecular weight is 168 g/mol. The van der Waals surface area contributed by atoms with Crippen LogP contribution in [0.2, 0.25) is 0 Å². The van der Waals surface area contributed by atoms with Gasteiger partial charge in [-0.25, -0.2) is 0 Å². The lowest BCUT2D eigenvalue weighted by molar-refractivity contribution is 0.307. The summed E-state index contributed by atoms with van der Waals surface area (Å²) in [6.07, 6.45) is 6.00. The van der Waals surface area contributed by atoms with E-state index in [0.29, 0.717) is 0 Å². The third-order valence-electron chi connectivity index (χ3n) is 2.54. The Kier molecular flexibility index (Phi) is 4.33. The van der Waals surface area contributed by atoms with Gasteiger partial charge >= 0.3 is 0 Å². The zero-order valence-electron chi connectivity index (χ0n) is 8.05. The van der Waals surface area contributed by atoms with Crippen molar-refractivity contribution in [1.29, 1.82) is 0 Å². The molecule has 2 heteroatoms. The van der Waals surface area contributed by atoms with Crippen LogP contribution in [0.4, 0.5) is 0 Å². The molecule has 2 nitrogen and oxygen atoms in total. The molecule has 1 heterocycles. The summed E-state index contributed by atoms with van der Waals surface area (Å²) in [5, 5.41) is 0. The van der Waals surface area contributed by atoms with Gasteiger partial charge in [-0.2, -0.15) is 0 Å². The van der Waals surface area contributed by atoms with Crippen LogP contribution in [-0.2, 0) is 0 Å². The van der Waals surface area contributed by atoms with Crippen LogP contribution in [0.5, 0.6) is 0 Å². The maximum Gasteiger partial charge on any atom is 0.0165 e. The monoisotopic (exact) mass is 168 g/mol. The Balaban J connectivity index is 2.24. The molecule has 0 aromatic heterocycles. The van der Waals surface area contributed by atoms with E-state index in [1.807, 2.05) is 0 Å². The van der Waals surface area contributed by atoms with Crippen molar-refractivity contribution in [2.75, 3.05) is 26.2 Å². The van der Waals surface area contributed by atoms with Crippen molar-refractivity contribution in [3.05, 3.63) is 11.6 Å². The molecule has 0 fully saturated rings. The number of nitrogens with two attached hydrogens (primary N) is 1. The van der Waals surface area contributed by atoms with Crippen molar-refractivity contribution in [2.45, 2.75) is 26.2 Å². The van der Waals surface area contributed by atoms with Gasteiger partial charge in [0.1, 0.15) is 0 Å². The molecule has 12 heavy (non-hydrogen) atoms. The summed E-state index contributed by atoms with van der Waals surface area (Å²) in [6.45, 7) is 6.62. The summed E-state index contributed by atoms with van der Waals surface area (Å²) in [6, 6.07) is 0. The first-order valence-corrected chi connectivity index (χ1v) is 4.97. The minimum absolute atomic E-state index is 0.828. The molecule has 70 valence electrons. The maximum atomic E-state index is 5.46. The predicted octanol–water partition coefficient (Wildman–Crippen LogP) is 1.38. The second kappa shape index (κ2) is 5.33. The van der Waals surface area contributed by atoms with Crippen LogP contribution < -0.4 is 5.73 Å². The summed E-state index contributed by atoms with van der Waals surface area (Å²) < 4.78 is 0. The third-order valence-corrected chi connectivity index (χ3v) is 2.54. The van der Waals surface area contributed by atoms with Gasteiger partial charge in [-0.15, -0.1) is 0 Å². The maximum absolute atomic E-state index is 5.46. The normalized spacial score (nSPS) is 19.3. The van der Waals surface area contributed by atoms with Gasteiger partial charge in [0.25, 0.3) is 0 Å². The van der Waals surface area contributed by atoms with Gasteiger partial charge in [0.15, 0.2) is 0 Å². The fourth-order valence-electron chi connectivity index (χ4n) is 1.60. The highest BCUT2D eigenvalue weighted by Crippen LogP contribution is 2.14. The van der Waals surface area contributed by atoms with Crippen molar-refractivity contribution in [3.63, 3.8) is 0 Å². The van der Waals surface area contributed by atoms with Crippen LogP contribution in [0, 0.1) is 0 Å². The molecule has 0 unspecified atom stereocenters. The Bertz CT molecular complexity index is 152. The Morgan fingerprint density at radius 1 is 1.58 bits per heavy atom. The quantitative estimate of drug-likeness (QED) is 0.643. The highest BCUT2D eigenvalue weighted by atomic mass is 15.1. The number of rotatable bonds is 4. The molecular formula is C10H20N2. The summed E-state index contributed by atoms with van der Waals surface area (Å²) in [5.41, 5.74) is 7.08. The van der Waals surface area contributed by atoms with E-state index in [-0.39, 0.29) is 0 Å². The van der Waals surface area contributed by atoms with E-state index in [4.69, 9.17) is 5.73 Å². The summed E-state index contributed by atoms with van der Waals surface area (Å²) in [7, 11) is 0. The molecule has 0 amide bonds. The van der Waals surface area contributed by atoms with Crippen molar-refractivity contribution in [1.82, 2.24) is 4.90 Å². The average Bonchev–Trinajstić information content (AvgIpc) is 2.15. The van der Waals surface area contributed by atoms with E-state index in [9.17, 15) is 0 Å². The van der Waals surface area contributed by atoms with Crippen molar-refractivity contribution in [3.8, 4) is 0 Å². The molecule has 0 spiro atoms. The molecule has 0 radical (unpaired) electrons. The van der Waals surface area contributed by atoms with Crippen molar-refractivity contribution < 1.29 is 0 Å². The van der Waals surface area contributed by atoms with Gasteiger partial charge in [0, 0.05) is 13.1 Å². The van der Waals surface area contributed by atoms with Crippen LogP contribution in [0.15, 0.2) is 11.6 Å². The van der Waals surface area contributed by atoms with Gasteiger partial charge in [0.2, 0.25) is 0 Å². The number of likely N-dealkylation sites (N-methyl/N-ethyl adjacent to an activating group) is 1. The second-order valence-corrected chi connectivity index (χ2v) is 3.40. The number of hydrogen-bond acceptors (Lipinski definition) is 2. The Morgan fingerprint density at radius 2 is 2.42 bits per heavy atom. The van der Waals surface area contributed by atoms with Crippen LogP contribution in [0.3, 0.4) is 0 Å². The number of nitrogens with zero attached hydrogens (tertiary/aromatic N) is 1. The molecule has 0 aliphatic carbocycles. The zero-order valence-corrected chi connectivity index (χ0v) is 8.05. The topological polar surface area (TPSA) is 29.3 Å². The smallest absolute Gasteiger partial charge is 0.0165 e. The minimum atomic E-state index is 0.828. The van der Waals surface area contributed by atoms with E-state index in [1.54, 1.807) is 5.57 Å². The molecule has 0 saturated heterocycles. The van der Waals surface area contributed by atoms with Gasteiger partial charge in [-0.3, -0.25) is 4.90 Å². The Hall–Kier alpha value is -0.340. The largest absolute Gasteiger partial charge is 0.330 e. The summed E-state index contributed by atoms with van der Waals surface area (Å²) in [4.78, 5) is 2.46. The predicted molar refractivity (Wildman–Crippen MR) is 53.1 cm³/mol. The molecule has 0 aromatic carbocycles. The van der Waals surface area contributed by atoms with E-state index in [0.717, 1.165) is 19.5 Å². The van der Waals surface area contributed by atoms with Gasteiger partial charge in [0.05, 0.1) is 0 Å². The molecule has 0 saturated carbocycles. The van der Waals surface area contributed by atoms with E-state index >= 15 is 0 Å². The highest BCUT2D eigenvalue weighted by molar-refractivity contribution is 5.07. The molecule has 0 bridgehead atoms. The van der Waals surface area contributed by atoms with Gasteiger partial charge < -0.3 is 5.73 Å². The van der Waals surface area contributed by atoms with E-state index < -0.39 is 0 Å². The molecular weight excluding hydrogens is 148 g/mol. The fourth-order valence-corrected chi connectivity index (χ4v) is 1.60. The molecule has 0 aromatic rings. The van der Waals surface area contributed by atoms with Crippen LogP contribution in [-0.4, -0.2) is 31.1 Å². The molecule has 2 N–H and O–H groups in total. The van der Waals surface area contributed by atoms with E-state index in [1.165, 1.54) is 25.9 Å². The summed E-state index contributed by atoms with van der Waals surface area (Å²) >= 11 is 0. The Labute approximate surface area is 75.4 Å². The lowest BCUT2D eigenvalue weighted by Gasteiger charge is -2.24. The fraction of sp³-hybridized carbons (Fsp3) is 0.800.